The molecule has 0 bridgehead atoms. The van der Waals surface area contributed by atoms with Crippen molar-refractivity contribution in [1.82, 2.24) is 35.0 Å². The molecule has 39 heavy (non-hydrogen) atoms. The molecule has 0 amide bonds. The zero-order chi connectivity index (χ0) is 26.9. The van der Waals surface area contributed by atoms with E-state index < -0.39 is 0 Å². The fourth-order valence-corrected chi connectivity index (χ4v) is 4.42. The van der Waals surface area contributed by atoms with E-state index in [2.05, 4.69) is 25.1 Å². The maximum atomic E-state index is 14.3. The van der Waals surface area contributed by atoms with Crippen molar-refractivity contribution < 1.29 is 13.9 Å². The van der Waals surface area contributed by atoms with E-state index in [4.69, 9.17) is 19.4 Å². The number of aromatic nitrogens is 6. The van der Waals surface area contributed by atoms with E-state index in [0.29, 0.717) is 46.2 Å². The summed E-state index contributed by atoms with van der Waals surface area (Å²) in [4.78, 5) is 19.5. The van der Waals surface area contributed by atoms with Gasteiger partial charge in [-0.2, -0.15) is 5.10 Å². The first-order valence-corrected chi connectivity index (χ1v) is 12.4. The number of hydrogen-bond acceptors (Lipinski definition) is 7. The number of likely N-dealkylation sites (N-methyl/N-ethyl adjacent to an activating group) is 1. The lowest BCUT2D eigenvalue weighted by atomic mass is 10.0. The molecule has 0 aliphatic heterocycles. The Morgan fingerprint density at radius 3 is 2.62 bits per heavy atom. The molecule has 4 heterocycles. The third-order valence-electron chi connectivity index (χ3n) is 6.38. The molecule has 0 aliphatic carbocycles. The summed E-state index contributed by atoms with van der Waals surface area (Å²) in [6.45, 7) is 1.37. The van der Waals surface area contributed by atoms with Crippen molar-refractivity contribution in [3.63, 3.8) is 0 Å². The number of aromatic amines is 2. The highest BCUT2D eigenvalue weighted by molar-refractivity contribution is 5.96. The second kappa shape index (κ2) is 10.1. The minimum Gasteiger partial charge on any atom is -0.497 e. The van der Waals surface area contributed by atoms with Crippen LogP contribution >= 0.6 is 0 Å². The Morgan fingerprint density at radius 2 is 1.77 bits per heavy atom. The highest BCUT2D eigenvalue weighted by Gasteiger charge is 2.17. The minimum absolute atomic E-state index is 0.381. The van der Waals surface area contributed by atoms with Gasteiger partial charge in [-0.05, 0) is 56.1 Å². The number of fused-ring (bicyclic) bond motifs is 2. The molecule has 0 saturated carbocycles. The average molecular weight is 524 g/mol. The second-order valence-electron chi connectivity index (χ2n) is 9.39. The van der Waals surface area contributed by atoms with Crippen LogP contribution in [0.3, 0.4) is 0 Å². The Kier molecular flexibility index (Phi) is 6.37. The summed E-state index contributed by atoms with van der Waals surface area (Å²) >= 11 is 0. The van der Waals surface area contributed by atoms with Gasteiger partial charge in [0.2, 0.25) is 0 Å². The van der Waals surface area contributed by atoms with Crippen molar-refractivity contribution in [2.75, 3.05) is 34.4 Å². The fourth-order valence-electron chi connectivity index (χ4n) is 4.42. The van der Waals surface area contributed by atoms with E-state index in [1.54, 1.807) is 18.5 Å². The first-order valence-electron chi connectivity index (χ1n) is 12.4. The summed E-state index contributed by atoms with van der Waals surface area (Å²) in [7, 11) is 5.52. The number of benzene rings is 2. The van der Waals surface area contributed by atoms with Gasteiger partial charge in [0, 0.05) is 29.9 Å². The molecule has 0 spiro atoms. The van der Waals surface area contributed by atoms with Gasteiger partial charge in [0.15, 0.2) is 11.5 Å². The minimum atomic E-state index is -0.381. The van der Waals surface area contributed by atoms with Gasteiger partial charge in [-0.1, -0.05) is 12.1 Å². The lowest BCUT2D eigenvalue weighted by Crippen LogP contribution is -2.19. The molecule has 4 aromatic heterocycles. The van der Waals surface area contributed by atoms with Crippen molar-refractivity contribution >= 4 is 22.1 Å². The van der Waals surface area contributed by atoms with Gasteiger partial charge in [-0.15, -0.1) is 0 Å². The molecule has 0 fully saturated rings. The molecule has 2 aromatic carbocycles. The lowest BCUT2D eigenvalue weighted by Gasteiger charge is -2.11. The van der Waals surface area contributed by atoms with Crippen molar-refractivity contribution in [2.45, 2.75) is 0 Å². The van der Waals surface area contributed by atoms with Crippen LogP contribution in [0.4, 0.5) is 4.39 Å². The number of ether oxygens (including phenoxy) is 2. The number of methoxy groups -OCH3 is 1. The van der Waals surface area contributed by atoms with Crippen LogP contribution in [0.15, 0.2) is 67.0 Å². The first kappa shape index (κ1) is 24.5. The quantitative estimate of drug-likeness (QED) is 0.278. The van der Waals surface area contributed by atoms with Crippen LogP contribution in [0, 0.1) is 5.82 Å². The Labute approximate surface area is 223 Å². The smallest absolute Gasteiger partial charge is 0.161 e. The van der Waals surface area contributed by atoms with Gasteiger partial charge < -0.3 is 19.4 Å². The Balaban J connectivity index is 1.38. The van der Waals surface area contributed by atoms with Crippen molar-refractivity contribution in [3.8, 4) is 45.4 Å². The van der Waals surface area contributed by atoms with Gasteiger partial charge in [0.25, 0.3) is 0 Å². The number of H-pyrrole nitrogens is 2. The fraction of sp³-hybridized carbons (Fsp3) is 0.172. The lowest BCUT2D eigenvalue weighted by molar-refractivity contribution is 0.261. The average Bonchev–Trinajstić information content (AvgIpc) is 3.56. The van der Waals surface area contributed by atoms with Gasteiger partial charge in [0.05, 0.1) is 35.6 Å². The van der Waals surface area contributed by atoms with E-state index >= 15 is 0 Å². The van der Waals surface area contributed by atoms with E-state index in [9.17, 15) is 4.39 Å². The van der Waals surface area contributed by atoms with E-state index in [1.807, 2.05) is 50.5 Å². The number of pyridine rings is 2. The molecule has 0 aliphatic rings. The standard InChI is InChI=1S/C29H26FN7O2/c1-37(2)9-10-39-21-13-18(15-31-16-21)23-7-8-25-27(32-23)28(36-35-25)29-33-24-6-4-5-22(26(24)34-29)17-11-19(30)14-20(12-17)38-3/h4-8,11-16H,9-10H2,1-3H3,(H,33,34)(H,35,36). The van der Waals surface area contributed by atoms with Crippen LogP contribution < -0.4 is 9.47 Å². The van der Waals surface area contributed by atoms with E-state index in [-0.39, 0.29) is 5.82 Å². The highest BCUT2D eigenvalue weighted by atomic mass is 19.1. The summed E-state index contributed by atoms with van der Waals surface area (Å²) in [5, 5.41) is 7.55. The molecular formula is C29H26FN7O2. The zero-order valence-electron chi connectivity index (χ0n) is 21.7. The highest BCUT2D eigenvalue weighted by Crippen LogP contribution is 2.33. The largest absolute Gasteiger partial charge is 0.497 e. The number of nitrogens with zero attached hydrogens (tertiary/aromatic N) is 5. The molecule has 0 atom stereocenters. The van der Waals surface area contributed by atoms with Crippen LogP contribution in [0.5, 0.6) is 11.5 Å². The third-order valence-corrected chi connectivity index (χ3v) is 6.38. The molecule has 6 aromatic rings. The van der Waals surface area contributed by atoms with Crippen molar-refractivity contribution in [2.24, 2.45) is 0 Å². The number of rotatable bonds is 8. The number of imidazole rings is 1. The van der Waals surface area contributed by atoms with Gasteiger partial charge >= 0.3 is 0 Å². The van der Waals surface area contributed by atoms with Crippen molar-refractivity contribution in [3.05, 3.63) is 72.8 Å². The molecule has 9 nitrogen and oxygen atoms in total. The molecule has 6 rings (SSSR count). The predicted molar refractivity (Wildman–Crippen MR) is 148 cm³/mol. The van der Waals surface area contributed by atoms with Crippen LogP contribution in [0.2, 0.25) is 0 Å². The van der Waals surface area contributed by atoms with Crippen LogP contribution in [-0.4, -0.2) is 69.4 Å². The number of para-hydroxylation sites is 1. The first-order chi connectivity index (χ1) is 19.0. The molecule has 0 saturated heterocycles. The summed E-state index contributed by atoms with van der Waals surface area (Å²) in [6, 6.07) is 16.1. The monoisotopic (exact) mass is 523 g/mol. The van der Waals surface area contributed by atoms with Gasteiger partial charge in [-0.3, -0.25) is 10.1 Å². The third kappa shape index (κ3) is 4.89. The van der Waals surface area contributed by atoms with Gasteiger partial charge in [0.1, 0.15) is 29.4 Å². The predicted octanol–water partition coefficient (Wildman–Crippen LogP) is 5.32. The Hall–Kier alpha value is -4.83. The molecular weight excluding hydrogens is 497 g/mol. The zero-order valence-corrected chi connectivity index (χ0v) is 21.7. The molecule has 0 radical (unpaired) electrons. The molecule has 196 valence electrons. The Morgan fingerprint density at radius 1 is 0.897 bits per heavy atom. The van der Waals surface area contributed by atoms with Crippen LogP contribution in [0.25, 0.3) is 56.0 Å². The molecule has 10 heteroatoms. The summed E-state index contributed by atoms with van der Waals surface area (Å²) in [6.07, 6.45) is 3.45. The van der Waals surface area contributed by atoms with Crippen LogP contribution in [0.1, 0.15) is 0 Å². The topological polar surface area (TPSA) is 105 Å². The number of halogens is 1. The maximum Gasteiger partial charge on any atom is 0.161 e. The SMILES string of the molecule is COc1cc(F)cc(-c2cccc3[nH]c(-c4n[nH]c5ccc(-c6cncc(OCCN(C)C)c6)nc45)nc23)c1. The maximum absolute atomic E-state index is 14.3. The second-order valence-corrected chi connectivity index (χ2v) is 9.39. The number of nitrogens with one attached hydrogen (secondary N) is 2. The number of hydrogen-bond donors (Lipinski definition) is 2. The summed E-state index contributed by atoms with van der Waals surface area (Å²) < 4.78 is 25.4. The summed E-state index contributed by atoms with van der Waals surface area (Å²) in [5.74, 6) is 1.29. The normalized spacial score (nSPS) is 11.5. The molecule has 0 unspecified atom stereocenters. The van der Waals surface area contributed by atoms with E-state index in [0.717, 1.165) is 34.4 Å². The Bertz CT molecular complexity index is 1790. The van der Waals surface area contributed by atoms with Crippen molar-refractivity contribution in [1.29, 1.82) is 0 Å². The van der Waals surface area contributed by atoms with Gasteiger partial charge in [-0.25, -0.2) is 14.4 Å². The molecule has 2 N–H and O–H groups in total. The van der Waals surface area contributed by atoms with E-state index in [1.165, 1.54) is 19.2 Å². The summed E-state index contributed by atoms with van der Waals surface area (Å²) in [5.41, 5.74) is 6.52. The van der Waals surface area contributed by atoms with Crippen LogP contribution in [-0.2, 0) is 0 Å².